The quantitative estimate of drug-likeness (QED) is 0.851. The smallest absolute Gasteiger partial charge is 0.328 e. The monoisotopic (exact) mass is 265 g/mol. The first-order valence-corrected chi connectivity index (χ1v) is 6.22. The largest absolute Gasteiger partial charge is 0.486 e. The fourth-order valence-electron chi connectivity index (χ4n) is 2.33. The summed E-state index contributed by atoms with van der Waals surface area (Å²) in [6.45, 7) is 2.34. The third kappa shape index (κ3) is 2.31. The number of carbonyl (C=O) groups is 1. The molecule has 2 heterocycles. The SMILES string of the molecule is O=C(O)C1COCCN1c1ccc2c(c1)OCCO2. The molecule has 0 aliphatic carbocycles. The van der Waals surface area contributed by atoms with Gasteiger partial charge in [0.2, 0.25) is 0 Å². The molecule has 3 rings (SSSR count). The summed E-state index contributed by atoms with van der Waals surface area (Å²) in [5.41, 5.74) is 0.819. The predicted molar refractivity (Wildman–Crippen MR) is 67.0 cm³/mol. The summed E-state index contributed by atoms with van der Waals surface area (Å²) in [5, 5.41) is 9.23. The van der Waals surface area contributed by atoms with Crippen LogP contribution in [0.15, 0.2) is 18.2 Å². The molecule has 6 nitrogen and oxygen atoms in total. The van der Waals surface area contributed by atoms with Gasteiger partial charge in [-0.2, -0.15) is 0 Å². The third-order valence-corrected chi connectivity index (χ3v) is 3.27. The van der Waals surface area contributed by atoms with Crippen LogP contribution in [0.5, 0.6) is 11.5 Å². The second-order valence-electron chi connectivity index (χ2n) is 4.45. The van der Waals surface area contributed by atoms with Gasteiger partial charge in [0.1, 0.15) is 13.2 Å². The van der Waals surface area contributed by atoms with Gasteiger partial charge in [-0.05, 0) is 12.1 Å². The van der Waals surface area contributed by atoms with Gasteiger partial charge in [0.15, 0.2) is 17.5 Å². The average Bonchev–Trinajstić information content (AvgIpc) is 2.46. The number of aliphatic carboxylic acids is 1. The minimum atomic E-state index is -0.880. The zero-order valence-corrected chi connectivity index (χ0v) is 10.4. The van der Waals surface area contributed by atoms with Crippen molar-refractivity contribution in [3.8, 4) is 11.5 Å². The van der Waals surface area contributed by atoms with Crippen LogP contribution >= 0.6 is 0 Å². The Bertz CT molecular complexity index is 490. The lowest BCUT2D eigenvalue weighted by molar-refractivity contribution is -0.141. The number of carboxylic acid groups (broad SMARTS) is 1. The van der Waals surface area contributed by atoms with Crippen molar-refractivity contribution in [2.75, 3.05) is 37.9 Å². The Hall–Kier alpha value is -1.95. The summed E-state index contributed by atoms with van der Waals surface area (Å²) in [7, 11) is 0. The van der Waals surface area contributed by atoms with E-state index in [9.17, 15) is 9.90 Å². The number of ether oxygens (including phenoxy) is 3. The molecule has 0 spiro atoms. The number of hydrogen-bond donors (Lipinski definition) is 1. The fourth-order valence-corrected chi connectivity index (χ4v) is 2.33. The highest BCUT2D eigenvalue weighted by atomic mass is 16.6. The van der Waals surface area contributed by atoms with Gasteiger partial charge >= 0.3 is 5.97 Å². The van der Waals surface area contributed by atoms with Crippen LogP contribution in [-0.4, -0.2) is 50.1 Å². The molecule has 0 radical (unpaired) electrons. The zero-order chi connectivity index (χ0) is 13.2. The molecule has 1 atom stereocenters. The Morgan fingerprint density at radius 1 is 1.21 bits per heavy atom. The molecule has 19 heavy (non-hydrogen) atoms. The minimum absolute atomic E-state index is 0.198. The molecule has 1 N–H and O–H groups in total. The van der Waals surface area contributed by atoms with Crippen molar-refractivity contribution in [1.29, 1.82) is 0 Å². The van der Waals surface area contributed by atoms with Crippen LogP contribution in [0.3, 0.4) is 0 Å². The second kappa shape index (κ2) is 4.97. The zero-order valence-electron chi connectivity index (χ0n) is 10.4. The molecule has 1 saturated heterocycles. The first-order chi connectivity index (χ1) is 9.25. The summed E-state index contributed by atoms with van der Waals surface area (Å²) in [6.07, 6.45) is 0. The number of anilines is 1. The predicted octanol–water partition coefficient (Wildman–Crippen LogP) is 0.748. The van der Waals surface area contributed by atoms with E-state index in [1.807, 2.05) is 23.1 Å². The Morgan fingerprint density at radius 2 is 2.00 bits per heavy atom. The van der Waals surface area contributed by atoms with Crippen molar-refractivity contribution >= 4 is 11.7 Å². The van der Waals surface area contributed by atoms with Gasteiger partial charge < -0.3 is 24.2 Å². The van der Waals surface area contributed by atoms with Crippen LogP contribution in [0, 0.1) is 0 Å². The van der Waals surface area contributed by atoms with Crippen LogP contribution in [0.25, 0.3) is 0 Å². The standard InChI is InChI=1S/C13H15NO5/c15-13(16)10-8-17-4-3-14(10)9-1-2-11-12(7-9)19-6-5-18-11/h1-2,7,10H,3-6,8H2,(H,15,16). The van der Waals surface area contributed by atoms with Crippen LogP contribution in [0.4, 0.5) is 5.69 Å². The maximum Gasteiger partial charge on any atom is 0.328 e. The fraction of sp³-hybridized carbons (Fsp3) is 0.462. The third-order valence-electron chi connectivity index (χ3n) is 3.27. The summed E-state index contributed by atoms with van der Waals surface area (Å²) in [4.78, 5) is 13.1. The van der Waals surface area contributed by atoms with E-state index < -0.39 is 12.0 Å². The number of hydrogen-bond acceptors (Lipinski definition) is 5. The van der Waals surface area contributed by atoms with Crippen molar-refractivity contribution < 1.29 is 24.1 Å². The lowest BCUT2D eigenvalue weighted by Gasteiger charge is -2.35. The van der Waals surface area contributed by atoms with E-state index in [1.165, 1.54) is 0 Å². The normalized spacial score (nSPS) is 22.1. The van der Waals surface area contributed by atoms with Gasteiger partial charge in [-0.25, -0.2) is 4.79 Å². The molecular formula is C13H15NO5. The Morgan fingerprint density at radius 3 is 2.79 bits per heavy atom. The highest BCUT2D eigenvalue weighted by Crippen LogP contribution is 2.34. The van der Waals surface area contributed by atoms with Crippen LogP contribution in [-0.2, 0) is 9.53 Å². The number of rotatable bonds is 2. The maximum absolute atomic E-state index is 11.2. The number of fused-ring (bicyclic) bond motifs is 1. The van der Waals surface area contributed by atoms with E-state index in [0.717, 1.165) is 5.69 Å². The highest BCUT2D eigenvalue weighted by Gasteiger charge is 2.30. The van der Waals surface area contributed by atoms with E-state index in [0.29, 0.717) is 37.9 Å². The van der Waals surface area contributed by atoms with Gasteiger partial charge in [0, 0.05) is 18.3 Å². The lowest BCUT2D eigenvalue weighted by Crippen LogP contribution is -2.50. The Balaban J connectivity index is 1.89. The summed E-state index contributed by atoms with van der Waals surface area (Å²) in [5.74, 6) is 0.490. The molecule has 2 aliphatic rings. The van der Waals surface area contributed by atoms with E-state index in [2.05, 4.69) is 0 Å². The van der Waals surface area contributed by atoms with Gasteiger partial charge in [0.25, 0.3) is 0 Å². The number of morpholine rings is 1. The second-order valence-corrected chi connectivity index (χ2v) is 4.45. The topological polar surface area (TPSA) is 68.2 Å². The highest BCUT2D eigenvalue weighted by molar-refractivity contribution is 5.79. The summed E-state index contributed by atoms with van der Waals surface area (Å²) < 4.78 is 16.2. The molecule has 1 fully saturated rings. The van der Waals surface area contributed by atoms with E-state index in [4.69, 9.17) is 14.2 Å². The molecule has 6 heteroatoms. The van der Waals surface area contributed by atoms with Crippen LogP contribution in [0.2, 0.25) is 0 Å². The van der Waals surface area contributed by atoms with Gasteiger partial charge in [-0.1, -0.05) is 0 Å². The van der Waals surface area contributed by atoms with Crippen LogP contribution in [0.1, 0.15) is 0 Å². The van der Waals surface area contributed by atoms with Crippen molar-refractivity contribution in [2.45, 2.75) is 6.04 Å². The molecule has 0 aromatic heterocycles. The van der Waals surface area contributed by atoms with Crippen molar-refractivity contribution in [1.82, 2.24) is 0 Å². The van der Waals surface area contributed by atoms with E-state index >= 15 is 0 Å². The van der Waals surface area contributed by atoms with E-state index in [1.54, 1.807) is 0 Å². The van der Waals surface area contributed by atoms with Crippen molar-refractivity contribution in [2.24, 2.45) is 0 Å². The van der Waals surface area contributed by atoms with Crippen molar-refractivity contribution in [3.63, 3.8) is 0 Å². The first kappa shape index (κ1) is 12.1. The Kier molecular flexibility index (Phi) is 3.16. The molecule has 0 saturated carbocycles. The van der Waals surface area contributed by atoms with Gasteiger partial charge in [-0.3, -0.25) is 0 Å². The Labute approximate surface area is 110 Å². The molecule has 102 valence electrons. The summed E-state index contributed by atoms with van der Waals surface area (Å²) in [6, 6.07) is 4.85. The van der Waals surface area contributed by atoms with Crippen molar-refractivity contribution in [3.05, 3.63) is 18.2 Å². The maximum atomic E-state index is 11.2. The number of nitrogens with zero attached hydrogens (tertiary/aromatic N) is 1. The minimum Gasteiger partial charge on any atom is -0.486 e. The van der Waals surface area contributed by atoms with Crippen LogP contribution < -0.4 is 14.4 Å². The van der Waals surface area contributed by atoms with Gasteiger partial charge in [0.05, 0.1) is 13.2 Å². The molecule has 2 aliphatic heterocycles. The molecule has 1 unspecified atom stereocenters. The lowest BCUT2D eigenvalue weighted by atomic mass is 10.1. The average molecular weight is 265 g/mol. The number of carboxylic acids is 1. The molecule has 0 bridgehead atoms. The van der Waals surface area contributed by atoms with E-state index in [-0.39, 0.29) is 6.61 Å². The molecule has 0 amide bonds. The molecule has 1 aromatic carbocycles. The molecule has 1 aromatic rings. The summed E-state index contributed by atoms with van der Waals surface area (Å²) >= 11 is 0. The van der Waals surface area contributed by atoms with Gasteiger partial charge in [-0.15, -0.1) is 0 Å². The number of benzene rings is 1. The molecular weight excluding hydrogens is 250 g/mol. The first-order valence-electron chi connectivity index (χ1n) is 6.22.